The van der Waals surface area contributed by atoms with Crippen LogP contribution >= 0.6 is 0 Å². The van der Waals surface area contributed by atoms with E-state index in [1.807, 2.05) is 25.9 Å². The van der Waals surface area contributed by atoms with Crippen molar-refractivity contribution in [2.24, 2.45) is 16.8 Å². The average molecular weight is 271 g/mol. The molecule has 0 aliphatic carbocycles. The zero-order chi connectivity index (χ0) is 15.3. The topological polar surface area (TPSA) is 61.8 Å². The first kappa shape index (κ1) is 20.4. The van der Waals surface area contributed by atoms with Gasteiger partial charge in [-0.1, -0.05) is 34.3 Å². The van der Waals surface area contributed by atoms with E-state index < -0.39 is 0 Å². The monoisotopic (exact) mass is 271 g/mol. The number of aliphatic hydroxyl groups excluding tert-OH is 1. The van der Waals surface area contributed by atoms with Crippen LogP contribution in [0, 0.1) is 5.92 Å². The number of rotatable bonds is 9. The molecule has 0 radical (unpaired) electrons. The van der Waals surface area contributed by atoms with Crippen molar-refractivity contribution in [3.05, 3.63) is 12.7 Å². The van der Waals surface area contributed by atoms with Gasteiger partial charge < -0.3 is 10.8 Å². The fraction of sp³-hybridized carbons (Fsp3) is 0.800. The number of hydrazone groups is 1. The molecule has 114 valence electrons. The molecule has 2 atom stereocenters. The normalized spacial score (nSPS) is 14.2. The lowest BCUT2D eigenvalue weighted by Gasteiger charge is -2.31. The van der Waals surface area contributed by atoms with Crippen LogP contribution in [0.1, 0.15) is 47.0 Å². The van der Waals surface area contributed by atoms with Crippen molar-refractivity contribution in [1.29, 1.82) is 0 Å². The molecule has 0 saturated carbocycles. The van der Waals surface area contributed by atoms with Gasteiger partial charge in [0.1, 0.15) is 0 Å². The van der Waals surface area contributed by atoms with Gasteiger partial charge in [0.05, 0.1) is 11.8 Å². The summed E-state index contributed by atoms with van der Waals surface area (Å²) in [5.41, 5.74) is 6.42. The zero-order valence-electron chi connectivity index (χ0n) is 13.4. The molecule has 19 heavy (non-hydrogen) atoms. The minimum atomic E-state index is 0.204. The van der Waals surface area contributed by atoms with Crippen molar-refractivity contribution in [2.45, 2.75) is 53.0 Å². The molecule has 3 N–H and O–H groups in total. The Morgan fingerprint density at radius 3 is 2.26 bits per heavy atom. The Morgan fingerprint density at radius 1 is 1.37 bits per heavy atom. The molecule has 0 aromatic rings. The highest BCUT2D eigenvalue weighted by molar-refractivity contribution is 5.94. The van der Waals surface area contributed by atoms with E-state index in [2.05, 4.69) is 25.5 Å². The molecular formula is C15H33N3O. The number of allylic oxidation sites excluding steroid dienone is 1. The summed E-state index contributed by atoms with van der Waals surface area (Å²) in [6.45, 7) is 12.7. The highest BCUT2D eigenvalue weighted by Gasteiger charge is 2.21. The van der Waals surface area contributed by atoms with E-state index in [4.69, 9.17) is 5.73 Å². The van der Waals surface area contributed by atoms with Crippen LogP contribution in [0.2, 0.25) is 0 Å². The fourth-order valence-corrected chi connectivity index (χ4v) is 2.04. The van der Waals surface area contributed by atoms with Gasteiger partial charge in [-0.15, -0.1) is 0 Å². The van der Waals surface area contributed by atoms with Crippen LogP contribution < -0.4 is 5.73 Å². The molecule has 0 rings (SSSR count). The first-order valence-corrected chi connectivity index (χ1v) is 7.38. The Balaban J connectivity index is 0. The Labute approximate surface area is 119 Å². The Kier molecular flexibility index (Phi) is 14.6. The van der Waals surface area contributed by atoms with Gasteiger partial charge in [0, 0.05) is 26.0 Å². The lowest BCUT2D eigenvalue weighted by atomic mass is 9.95. The molecule has 0 heterocycles. The second-order valence-corrected chi connectivity index (χ2v) is 4.23. The lowest BCUT2D eigenvalue weighted by Crippen LogP contribution is -2.36. The van der Waals surface area contributed by atoms with Gasteiger partial charge in [-0.25, -0.2) is 0 Å². The van der Waals surface area contributed by atoms with Gasteiger partial charge in [0.15, 0.2) is 0 Å². The van der Waals surface area contributed by atoms with E-state index in [-0.39, 0.29) is 18.6 Å². The number of aliphatic hydroxyl groups is 1. The molecule has 4 nitrogen and oxygen atoms in total. The first-order valence-electron chi connectivity index (χ1n) is 7.38. The third-order valence-electron chi connectivity index (χ3n) is 3.12. The van der Waals surface area contributed by atoms with Gasteiger partial charge in [-0.3, -0.25) is 5.01 Å². The second kappa shape index (κ2) is 13.6. The largest absolute Gasteiger partial charge is 0.396 e. The number of nitrogens with zero attached hydrogens (tertiary/aromatic N) is 2. The zero-order valence-corrected chi connectivity index (χ0v) is 13.4. The summed E-state index contributed by atoms with van der Waals surface area (Å²) in [5.74, 6) is 0.262. The van der Waals surface area contributed by atoms with Gasteiger partial charge >= 0.3 is 0 Å². The van der Waals surface area contributed by atoms with Crippen molar-refractivity contribution in [2.75, 3.05) is 20.2 Å². The smallest absolute Gasteiger partial charge is 0.0612 e. The highest BCUT2D eigenvalue weighted by atomic mass is 16.3. The number of nitrogens with two attached hydrogens (primary N) is 1. The maximum absolute atomic E-state index is 9.36. The standard InChI is InChI=1S/C13H27N3O.C2H6/c1-5-11(10-17)13(7-3)16(4)15-12(6-2)8-9-14;1-2/h6,11,13,17H,2,5,7-10,14H2,1,3-4H3;1-2H3/b15-12+;. The van der Waals surface area contributed by atoms with Crippen molar-refractivity contribution in [3.63, 3.8) is 0 Å². The third-order valence-corrected chi connectivity index (χ3v) is 3.12. The summed E-state index contributed by atoms with van der Waals surface area (Å²) in [7, 11) is 1.95. The predicted octanol–water partition coefficient (Wildman–Crippen LogP) is 2.63. The van der Waals surface area contributed by atoms with Gasteiger partial charge in [-0.05, 0) is 25.5 Å². The van der Waals surface area contributed by atoms with Crippen molar-refractivity contribution >= 4 is 5.71 Å². The SMILES string of the molecule is C=C/C(CCN)=N\N(C)C(CC)C(CC)CO.CC. The van der Waals surface area contributed by atoms with Crippen LogP contribution in [0.5, 0.6) is 0 Å². The van der Waals surface area contributed by atoms with Crippen LogP contribution in [0.3, 0.4) is 0 Å². The summed E-state index contributed by atoms with van der Waals surface area (Å²) in [6, 6.07) is 0.262. The van der Waals surface area contributed by atoms with E-state index in [1.165, 1.54) is 0 Å². The molecule has 0 amide bonds. The Hall–Kier alpha value is -0.870. The maximum Gasteiger partial charge on any atom is 0.0612 e. The molecule has 0 aromatic carbocycles. The molecule has 0 aliphatic rings. The summed E-state index contributed by atoms with van der Waals surface area (Å²) < 4.78 is 0. The summed E-state index contributed by atoms with van der Waals surface area (Å²) >= 11 is 0. The fourth-order valence-electron chi connectivity index (χ4n) is 2.04. The average Bonchev–Trinajstić information content (AvgIpc) is 2.45. The summed E-state index contributed by atoms with van der Waals surface area (Å²) in [6.07, 6.45) is 4.40. The molecule has 0 spiro atoms. The molecule has 4 heteroatoms. The van der Waals surface area contributed by atoms with Gasteiger partial charge in [0.2, 0.25) is 0 Å². The minimum absolute atomic E-state index is 0.204. The Bertz CT molecular complexity index is 238. The van der Waals surface area contributed by atoms with Gasteiger partial charge in [-0.2, -0.15) is 5.10 Å². The van der Waals surface area contributed by atoms with E-state index in [0.717, 1.165) is 25.0 Å². The predicted molar refractivity (Wildman–Crippen MR) is 85.4 cm³/mol. The molecule has 0 aliphatic heterocycles. The van der Waals surface area contributed by atoms with E-state index >= 15 is 0 Å². The van der Waals surface area contributed by atoms with Gasteiger partial charge in [0.25, 0.3) is 0 Å². The van der Waals surface area contributed by atoms with Crippen LogP contribution in [-0.4, -0.2) is 42.1 Å². The minimum Gasteiger partial charge on any atom is -0.396 e. The van der Waals surface area contributed by atoms with Crippen molar-refractivity contribution < 1.29 is 5.11 Å². The van der Waals surface area contributed by atoms with Crippen LogP contribution in [0.25, 0.3) is 0 Å². The number of hydrogen-bond acceptors (Lipinski definition) is 4. The van der Waals surface area contributed by atoms with Crippen LogP contribution in [-0.2, 0) is 0 Å². The van der Waals surface area contributed by atoms with E-state index in [0.29, 0.717) is 6.54 Å². The first-order chi connectivity index (χ1) is 9.14. The third kappa shape index (κ3) is 8.01. The molecule has 0 fully saturated rings. The maximum atomic E-state index is 9.36. The Morgan fingerprint density at radius 2 is 1.95 bits per heavy atom. The molecule has 0 aromatic heterocycles. The van der Waals surface area contributed by atoms with E-state index in [1.54, 1.807) is 6.08 Å². The summed E-state index contributed by atoms with van der Waals surface area (Å²) in [5, 5.41) is 15.8. The quantitative estimate of drug-likeness (QED) is 0.500. The van der Waals surface area contributed by atoms with E-state index in [9.17, 15) is 5.11 Å². The lowest BCUT2D eigenvalue weighted by molar-refractivity contribution is 0.112. The molecular weight excluding hydrogens is 238 g/mol. The van der Waals surface area contributed by atoms with Crippen LogP contribution in [0.4, 0.5) is 0 Å². The van der Waals surface area contributed by atoms with Crippen LogP contribution in [0.15, 0.2) is 17.8 Å². The van der Waals surface area contributed by atoms with Crippen molar-refractivity contribution in [3.8, 4) is 0 Å². The summed E-state index contributed by atoms with van der Waals surface area (Å²) in [4.78, 5) is 0. The second-order valence-electron chi connectivity index (χ2n) is 4.23. The highest BCUT2D eigenvalue weighted by Crippen LogP contribution is 2.17. The molecule has 2 unspecified atom stereocenters. The molecule has 0 bridgehead atoms. The van der Waals surface area contributed by atoms with Crippen molar-refractivity contribution in [1.82, 2.24) is 5.01 Å². The number of hydrogen-bond donors (Lipinski definition) is 2. The molecule has 0 saturated heterocycles.